The summed E-state index contributed by atoms with van der Waals surface area (Å²) < 4.78 is 4.84. The summed E-state index contributed by atoms with van der Waals surface area (Å²) in [6, 6.07) is 18.6. The Balaban J connectivity index is 1.60. The van der Waals surface area contributed by atoms with Crippen LogP contribution in [0, 0.1) is 0 Å². The summed E-state index contributed by atoms with van der Waals surface area (Å²) in [7, 11) is 0. The number of para-hydroxylation sites is 3. The van der Waals surface area contributed by atoms with Crippen LogP contribution >= 0.6 is 0 Å². The van der Waals surface area contributed by atoms with Crippen molar-refractivity contribution >= 4 is 28.9 Å². The molecular weight excluding hydrogens is 318 g/mol. The summed E-state index contributed by atoms with van der Waals surface area (Å²) in [6.07, 6.45) is 2.73. The Morgan fingerprint density at radius 3 is 2.32 bits per heavy atom. The molecule has 0 aliphatic carbocycles. The molecule has 0 unspecified atom stereocenters. The minimum atomic E-state index is -0.361. The van der Waals surface area contributed by atoms with Crippen LogP contribution < -0.4 is 16.0 Å². The Bertz CT molecular complexity index is 845. The molecule has 25 heavy (non-hydrogen) atoms. The molecule has 3 rings (SSSR count). The topological polar surface area (TPSA) is 83.4 Å². The number of furan rings is 1. The van der Waals surface area contributed by atoms with Gasteiger partial charge in [0.25, 0.3) is 5.91 Å². The van der Waals surface area contributed by atoms with Crippen molar-refractivity contribution in [1.82, 2.24) is 5.32 Å². The van der Waals surface area contributed by atoms with Gasteiger partial charge in [0.05, 0.1) is 29.7 Å². The van der Waals surface area contributed by atoms with Gasteiger partial charge in [-0.25, -0.2) is 0 Å². The number of benzene rings is 2. The Labute approximate surface area is 144 Å². The van der Waals surface area contributed by atoms with Gasteiger partial charge in [0, 0.05) is 5.69 Å². The molecule has 0 saturated carbocycles. The van der Waals surface area contributed by atoms with Crippen LogP contribution in [0.5, 0.6) is 0 Å². The molecule has 6 nitrogen and oxygen atoms in total. The molecule has 0 radical (unpaired) electrons. The average Bonchev–Trinajstić information content (AvgIpc) is 3.17. The highest BCUT2D eigenvalue weighted by atomic mass is 16.3. The summed E-state index contributed by atoms with van der Waals surface area (Å²) >= 11 is 0. The summed E-state index contributed by atoms with van der Waals surface area (Å²) in [5.41, 5.74) is 2.69. The van der Waals surface area contributed by atoms with Gasteiger partial charge in [-0.05, 0) is 30.3 Å². The van der Waals surface area contributed by atoms with E-state index in [1.807, 2.05) is 48.5 Å². The van der Waals surface area contributed by atoms with E-state index in [9.17, 15) is 9.59 Å². The summed E-state index contributed by atoms with van der Waals surface area (Å²) in [6.45, 7) is -0.135. The highest BCUT2D eigenvalue weighted by Crippen LogP contribution is 2.24. The van der Waals surface area contributed by atoms with E-state index in [4.69, 9.17) is 4.42 Å². The summed E-state index contributed by atoms with van der Waals surface area (Å²) in [5, 5.41) is 8.59. The molecule has 0 aliphatic rings. The van der Waals surface area contributed by atoms with E-state index >= 15 is 0 Å². The van der Waals surface area contributed by atoms with Crippen molar-refractivity contribution in [2.24, 2.45) is 0 Å². The van der Waals surface area contributed by atoms with Crippen LogP contribution in [0.15, 0.2) is 77.6 Å². The van der Waals surface area contributed by atoms with Crippen LogP contribution in [0.25, 0.3) is 0 Å². The molecule has 6 heteroatoms. The lowest BCUT2D eigenvalue weighted by Crippen LogP contribution is -2.32. The number of amides is 2. The van der Waals surface area contributed by atoms with Crippen LogP contribution in [0.4, 0.5) is 17.1 Å². The van der Waals surface area contributed by atoms with Crippen molar-refractivity contribution in [3.63, 3.8) is 0 Å². The van der Waals surface area contributed by atoms with E-state index in [0.29, 0.717) is 11.3 Å². The number of nitrogens with one attached hydrogen (secondary N) is 3. The van der Waals surface area contributed by atoms with E-state index in [1.165, 1.54) is 18.6 Å². The van der Waals surface area contributed by atoms with Crippen LogP contribution in [-0.4, -0.2) is 18.4 Å². The van der Waals surface area contributed by atoms with Gasteiger partial charge in [0.2, 0.25) is 5.91 Å². The van der Waals surface area contributed by atoms with Gasteiger partial charge >= 0.3 is 0 Å². The van der Waals surface area contributed by atoms with E-state index in [2.05, 4.69) is 16.0 Å². The fourth-order valence-electron chi connectivity index (χ4n) is 2.23. The molecule has 0 saturated heterocycles. The maximum absolute atomic E-state index is 12.1. The van der Waals surface area contributed by atoms with Crippen molar-refractivity contribution < 1.29 is 14.0 Å². The molecule has 0 aliphatic heterocycles. The van der Waals surface area contributed by atoms with Gasteiger partial charge in [0.15, 0.2) is 0 Å². The van der Waals surface area contributed by atoms with Crippen molar-refractivity contribution in [2.75, 3.05) is 17.2 Å². The third-order valence-electron chi connectivity index (χ3n) is 3.45. The second-order valence-electron chi connectivity index (χ2n) is 5.28. The molecular formula is C19H17N3O3. The highest BCUT2D eigenvalue weighted by molar-refractivity contribution is 6.00. The smallest absolute Gasteiger partial charge is 0.254 e. The molecule has 0 fully saturated rings. The maximum atomic E-state index is 12.1. The molecule has 126 valence electrons. The molecule has 0 atom stereocenters. The number of hydrogen-bond donors (Lipinski definition) is 3. The zero-order valence-corrected chi connectivity index (χ0v) is 13.4. The minimum Gasteiger partial charge on any atom is -0.472 e. The van der Waals surface area contributed by atoms with Crippen molar-refractivity contribution in [3.05, 3.63) is 78.8 Å². The minimum absolute atomic E-state index is 0.135. The van der Waals surface area contributed by atoms with Crippen molar-refractivity contribution in [1.29, 1.82) is 0 Å². The van der Waals surface area contributed by atoms with Crippen molar-refractivity contribution in [2.45, 2.75) is 0 Å². The molecule has 0 bridgehead atoms. The van der Waals surface area contributed by atoms with Crippen LogP contribution in [0.1, 0.15) is 10.4 Å². The molecule has 0 spiro atoms. The fraction of sp³-hybridized carbons (Fsp3) is 0.0526. The Hall–Kier alpha value is -3.54. The first-order valence-corrected chi connectivity index (χ1v) is 7.74. The van der Waals surface area contributed by atoms with E-state index in [-0.39, 0.29) is 18.4 Å². The average molecular weight is 335 g/mol. The van der Waals surface area contributed by atoms with Gasteiger partial charge in [-0.3, -0.25) is 9.59 Å². The van der Waals surface area contributed by atoms with Crippen LogP contribution in [0.2, 0.25) is 0 Å². The molecule has 2 amide bonds. The van der Waals surface area contributed by atoms with E-state index in [1.54, 1.807) is 6.07 Å². The summed E-state index contributed by atoms with van der Waals surface area (Å²) in [5.74, 6) is -0.682. The third-order valence-corrected chi connectivity index (χ3v) is 3.45. The fourth-order valence-corrected chi connectivity index (χ4v) is 2.23. The lowest BCUT2D eigenvalue weighted by molar-refractivity contribution is -0.115. The van der Waals surface area contributed by atoms with Crippen molar-refractivity contribution in [3.8, 4) is 0 Å². The first-order valence-electron chi connectivity index (χ1n) is 7.74. The Kier molecular flexibility index (Phi) is 5.11. The van der Waals surface area contributed by atoms with Crippen LogP contribution in [-0.2, 0) is 4.79 Å². The first kappa shape index (κ1) is 16.3. The molecule has 3 N–H and O–H groups in total. The van der Waals surface area contributed by atoms with Gasteiger partial charge in [-0.15, -0.1) is 0 Å². The second kappa shape index (κ2) is 7.83. The maximum Gasteiger partial charge on any atom is 0.254 e. The second-order valence-corrected chi connectivity index (χ2v) is 5.28. The quantitative estimate of drug-likeness (QED) is 0.645. The van der Waals surface area contributed by atoms with Crippen LogP contribution in [0.3, 0.4) is 0 Å². The Morgan fingerprint density at radius 1 is 0.880 bits per heavy atom. The van der Waals surface area contributed by atoms with E-state index < -0.39 is 0 Å². The van der Waals surface area contributed by atoms with Gasteiger partial charge in [0.1, 0.15) is 6.26 Å². The molecule has 2 aromatic carbocycles. The number of carbonyl (C=O) groups is 2. The largest absolute Gasteiger partial charge is 0.472 e. The number of hydrogen-bond acceptors (Lipinski definition) is 4. The lowest BCUT2D eigenvalue weighted by Gasteiger charge is -2.13. The highest BCUT2D eigenvalue weighted by Gasteiger charge is 2.10. The predicted molar refractivity (Wildman–Crippen MR) is 95.8 cm³/mol. The van der Waals surface area contributed by atoms with E-state index in [0.717, 1.165) is 11.4 Å². The summed E-state index contributed by atoms with van der Waals surface area (Å²) in [4.78, 5) is 23.9. The standard InChI is InChI=1S/C19H17N3O3/c23-18(12-20-19(24)14-10-11-25-13-14)22-17-9-5-4-8-16(17)21-15-6-2-1-3-7-15/h1-11,13,21H,12H2,(H,20,24)(H,22,23). The normalized spacial score (nSPS) is 10.1. The predicted octanol–water partition coefficient (Wildman–Crippen LogP) is 3.39. The molecule has 1 aromatic heterocycles. The number of anilines is 3. The lowest BCUT2D eigenvalue weighted by atomic mass is 10.2. The Morgan fingerprint density at radius 2 is 1.60 bits per heavy atom. The SMILES string of the molecule is O=C(CNC(=O)c1ccoc1)Nc1ccccc1Nc1ccccc1. The van der Waals surface area contributed by atoms with Gasteiger partial charge in [-0.1, -0.05) is 30.3 Å². The third kappa shape index (κ3) is 4.48. The van der Waals surface area contributed by atoms with Gasteiger partial charge in [-0.2, -0.15) is 0 Å². The zero-order chi connectivity index (χ0) is 17.5. The number of carbonyl (C=O) groups excluding carboxylic acids is 2. The first-order chi connectivity index (χ1) is 12.2. The molecule has 1 heterocycles. The monoisotopic (exact) mass is 335 g/mol. The molecule has 3 aromatic rings. The number of rotatable bonds is 6. The van der Waals surface area contributed by atoms with Gasteiger partial charge < -0.3 is 20.4 Å². The zero-order valence-electron chi connectivity index (χ0n) is 13.4.